The van der Waals surface area contributed by atoms with E-state index in [0.29, 0.717) is 0 Å². The van der Waals surface area contributed by atoms with Gasteiger partial charge in [0.1, 0.15) is 0 Å². The summed E-state index contributed by atoms with van der Waals surface area (Å²) >= 11 is -1.07. The molecule has 0 atom stereocenters. The molecule has 0 N–H and O–H groups in total. The summed E-state index contributed by atoms with van der Waals surface area (Å²) in [5.41, 5.74) is 0. The van der Waals surface area contributed by atoms with Gasteiger partial charge in [-0.2, -0.15) is 0 Å². The van der Waals surface area contributed by atoms with Crippen LogP contribution in [0.25, 0.3) is 0 Å². The van der Waals surface area contributed by atoms with Crippen LogP contribution in [-0.4, -0.2) is 26.1 Å². The molecule has 0 aromatic carbocycles. The molecule has 0 aliphatic carbocycles. The molecule has 0 rings (SSSR count). The van der Waals surface area contributed by atoms with Gasteiger partial charge in [-0.3, -0.25) is 0 Å². The molecule has 4 heteroatoms. The topological polar surface area (TPSA) is 0 Å². The molecule has 0 saturated carbocycles. The van der Waals surface area contributed by atoms with E-state index in [2.05, 4.69) is 41.5 Å². The molecule has 0 aromatic rings. The zero-order chi connectivity index (χ0) is 12.6. The van der Waals surface area contributed by atoms with Crippen molar-refractivity contribution < 1.29 is 20.6 Å². The molecule has 0 radical (unpaired) electrons. The van der Waals surface area contributed by atoms with Crippen LogP contribution in [0.4, 0.5) is 0 Å². The molecule has 0 amide bonds. The Hall–Kier alpha value is 2.87. The van der Waals surface area contributed by atoms with E-state index in [1.54, 1.807) is 31.3 Å². The molecule has 0 nitrogen and oxygen atoms in total. The third-order valence-electron chi connectivity index (χ3n) is 3.42. The normalized spacial score (nSPS) is 11.8. The summed E-state index contributed by atoms with van der Waals surface area (Å²) in [6.07, 6.45) is 0. The van der Waals surface area contributed by atoms with Gasteiger partial charge in [0, 0.05) is 0 Å². The molecule has 0 fully saturated rings. The van der Waals surface area contributed by atoms with Crippen molar-refractivity contribution in [3.63, 3.8) is 0 Å². The van der Waals surface area contributed by atoms with Crippen LogP contribution in [-0.2, 0) is 0 Å². The SMILES string of the molecule is CC[As](CC)[La]([As](CC)CC)[As](CC)CC. The molecular formula is C12H30As3La. The summed E-state index contributed by atoms with van der Waals surface area (Å²) in [6.45, 7) is 15.3. The van der Waals surface area contributed by atoms with Crippen molar-refractivity contribution >= 4 is 26.1 Å². The van der Waals surface area contributed by atoms with Crippen LogP contribution in [0.15, 0.2) is 0 Å². The number of hydrogen-bond acceptors (Lipinski definition) is 0. The van der Waals surface area contributed by atoms with E-state index >= 15 is 0 Å². The Morgan fingerprint density at radius 3 is 0.812 bits per heavy atom. The van der Waals surface area contributed by atoms with E-state index in [4.69, 9.17) is 0 Å². The quantitative estimate of drug-likeness (QED) is 0.374. The van der Waals surface area contributed by atoms with E-state index in [0.717, 1.165) is 0 Å². The summed E-state index contributed by atoms with van der Waals surface area (Å²) in [7, 11) is -0.642. The minimum atomic E-state index is -1.07. The zero-order valence-electron chi connectivity index (χ0n) is 12.2. The molecule has 0 unspecified atom stereocenters. The minimum absolute atomic E-state index is 0.214. The molecular weight excluding hydrogens is 508 g/mol. The fourth-order valence-corrected chi connectivity index (χ4v) is 332. The van der Waals surface area contributed by atoms with E-state index in [1.165, 1.54) is 0 Å². The number of hydrogen-bond donors (Lipinski definition) is 0. The average Bonchev–Trinajstić information content (AvgIpc) is 2.33. The molecule has 0 aromatic heterocycles. The van der Waals surface area contributed by atoms with Gasteiger partial charge >= 0.3 is 120 Å². The third kappa shape index (κ3) is 5.88. The first-order valence-electron chi connectivity index (χ1n) is 6.91. The standard InChI is InChI=1S/3C4H10As.La/c3*1-3-5-4-2;/h3*3-4H2,1-2H3;/q3*-1;+3. The molecule has 0 spiro atoms. The van der Waals surface area contributed by atoms with Crippen LogP contribution < -0.4 is 0 Å². The van der Waals surface area contributed by atoms with E-state index in [9.17, 15) is 0 Å². The van der Waals surface area contributed by atoms with Gasteiger partial charge in [-0.05, 0) is 0 Å². The van der Waals surface area contributed by atoms with Crippen molar-refractivity contribution in [1.82, 2.24) is 0 Å². The summed E-state index contributed by atoms with van der Waals surface area (Å²) < 4.78 is 0. The van der Waals surface area contributed by atoms with Gasteiger partial charge in [0.2, 0.25) is 0 Å². The van der Waals surface area contributed by atoms with Crippen LogP contribution in [0.2, 0.25) is 31.3 Å². The Kier molecular flexibility index (Phi) is 13.8. The molecule has 0 bridgehead atoms. The predicted octanol–water partition coefficient (Wildman–Crippen LogP) is 4.70. The van der Waals surface area contributed by atoms with Crippen molar-refractivity contribution in [3.05, 3.63) is 0 Å². The Balaban J connectivity index is 4.84. The van der Waals surface area contributed by atoms with Gasteiger partial charge in [-0.1, -0.05) is 0 Å². The second-order valence-electron chi connectivity index (χ2n) is 4.01. The van der Waals surface area contributed by atoms with Crippen molar-refractivity contribution in [2.24, 2.45) is 0 Å². The Morgan fingerprint density at radius 1 is 0.500 bits per heavy atom. The van der Waals surface area contributed by atoms with E-state index in [-0.39, 0.29) is 26.1 Å². The van der Waals surface area contributed by atoms with E-state index in [1.807, 2.05) is 0 Å². The molecule has 0 saturated heterocycles. The number of rotatable bonds is 9. The summed E-state index contributed by atoms with van der Waals surface area (Å²) in [5.74, 6) is 0. The van der Waals surface area contributed by atoms with Gasteiger partial charge in [-0.25, -0.2) is 0 Å². The molecule has 16 heavy (non-hydrogen) atoms. The van der Waals surface area contributed by atoms with E-state index < -0.39 is 20.6 Å². The van der Waals surface area contributed by atoms with Gasteiger partial charge in [-0.15, -0.1) is 0 Å². The van der Waals surface area contributed by atoms with Gasteiger partial charge in [0.15, 0.2) is 0 Å². The average molecular weight is 538 g/mol. The second kappa shape index (κ2) is 11.7. The Morgan fingerprint density at radius 2 is 0.688 bits per heavy atom. The molecule has 0 aliphatic heterocycles. The molecule has 96 valence electrons. The Bertz CT molecular complexity index is 126. The first-order valence-corrected chi connectivity index (χ1v) is 43.4. The summed E-state index contributed by atoms with van der Waals surface area (Å²) in [5, 5.41) is 10.1. The van der Waals surface area contributed by atoms with Crippen LogP contribution >= 0.6 is 0 Å². The zero-order valence-corrected chi connectivity index (χ0v) is 21.4. The van der Waals surface area contributed by atoms with Crippen molar-refractivity contribution in [3.8, 4) is 0 Å². The fraction of sp³-hybridized carbons (Fsp3) is 1.00. The molecule has 0 aliphatic rings. The fourth-order valence-electron chi connectivity index (χ4n) is 2.34. The van der Waals surface area contributed by atoms with Gasteiger partial charge < -0.3 is 0 Å². The first kappa shape index (κ1) is 18.9. The van der Waals surface area contributed by atoms with Crippen LogP contribution in [0, 0.1) is 20.6 Å². The Labute approximate surface area is 117 Å². The van der Waals surface area contributed by atoms with Crippen LogP contribution in [0.3, 0.4) is 0 Å². The van der Waals surface area contributed by atoms with Crippen molar-refractivity contribution in [2.75, 3.05) is 0 Å². The summed E-state index contributed by atoms with van der Waals surface area (Å²) in [4.78, 5) is 0. The summed E-state index contributed by atoms with van der Waals surface area (Å²) in [6, 6.07) is 0. The van der Waals surface area contributed by atoms with Gasteiger partial charge in [0.25, 0.3) is 0 Å². The van der Waals surface area contributed by atoms with Crippen molar-refractivity contribution in [2.45, 2.75) is 72.8 Å². The van der Waals surface area contributed by atoms with Gasteiger partial charge in [0.05, 0.1) is 0 Å². The van der Waals surface area contributed by atoms with Crippen molar-refractivity contribution in [1.29, 1.82) is 0 Å². The maximum atomic E-state index is 2.55. The van der Waals surface area contributed by atoms with Crippen LogP contribution in [0.5, 0.6) is 0 Å². The third-order valence-corrected chi connectivity index (χ3v) is 241. The second-order valence-corrected chi connectivity index (χ2v) is 123. The first-order chi connectivity index (χ1) is 7.69. The monoisotopic (exact) mass is 538 g/mol. The predicted molar refractivity (Wildman–Crippen MR) is 80.1 cm³/mol. The maximum absolute atomic E-state index is 2.55. The van der Waals surface area contributed by atoms with Crippen LogP contribution in [0.1, 0.15) is 41.5 Å². The molecule has 0 heterocycles.